The van der Waals surface area contributed by atoms with E-state index in [1.165, 1.54) is 59.9 Å². The maximum Gasteiger partial charge on any atom is 0.0715 e. The van der Waals surface area contributed by atoms with Gasteiger partial charge in [0.05, 0.1) is 33.5 Å². The molecule has 54 heavy (non-hydrogen) atoms. The molecule has 0 saturated carbocycles. The fourth-order valence-corrected chi connectivity index (χ4v) is 8.48. The van der Waals surface area contributed by atoms with E-state index >= 15 is 0 Å². The van der Waals surface area contributed by atoms with Crippen LogP contribution in [-0.2, 0) is 0 Å². The van der Waals surface area contributed by atoms with Gasteiger partial charge in [0.2, 0.25) is 0 Å². The van der Waals surface area contributed by atoms with Crippen LogP contribution in [0.2, 0.25) is 0 Å². The molecule has 11 rings (SSSR count). The molecule has 0 spiro atoms. The summed E-state index contributed by atoms with van der Waals surface area (Å²) in [4.78, 5) is 5.18. The predicted molar refractivity (Wildman–Crippen MR) is 227 cm³/mol. The fraction of sp³-hybridized carbons (Fsp3) is 0. The second-order valence-corrected chi connectivity index (χ2v) is 14.0. The van der Waals surface area contributed by atoms with E-state index in [2.05, 4.69) is 209 Å². The first-order chi connectivity index (χ1) is 26.8. The van der Waals surface area contributed by atoms with Crippen molar-refractivity contribution in [2.75, 3.05) is 0 Å². The van der Waals surface area contributed by atoms with Gasteiger partial charge in [0.15, 0.2) is 0 Å². The Hall–Kier alpha value is -7.23. The van der Waals surface area contributed by atoms with Crippen LogP contribution in [0.25, 0.3) is 99.4 Å². The number of benzene rings is 8. The van der Waals surface area contributed by atoms with E-state index in [-0.39, 0.29) is 0 Å². The van der Waals surface area contributed by atoms with Crippen molar-refractivity contribution in [3.05, 3.63) is 200 Å². The first kappa shape index (κ1) is 30.4. The Morgan fingerprint density at radius 3 is 1.65 bits per heavy atom. The molecule has 3 nitrogen and oxygen atoms in total. The van der Waals surface area contributed by atoms with E-state index in [1.54, 1.807) is 0 Å². The van der Waals surface area contributed by atoms with Gasteiger partial charge in [-0.2, -0.15) is 0 Å². The Morgan fingerprint density at radius 1 is 0.333 bits per heavy atom. The Kier molecular flexibility index (Phi) is 6.86. The fourth-order valence-electron chi connectivity index (χ4n) is 8.48. The molecule has 11 aromatic rings. The van der Waals surface area contributed by atoms with Gasteiger partial charge in [-0.25, -0.2) is 4.98 Å². The molecule has 252 valence electrons. The van der Waals surface area contributed by atoms with Crippen LogP contribution in [-0.4, -0.2) is 14.1 Å². The molecule has 8 aromatic carbocycles. The predicted octanol–water partition coefficient (Wildman–Crippen LogP) is 13.4. The normalized spacial score (nSPS) is 11.7. The van der Waals surface area contributed by atoms with E-state index < -0.39 is 0 Å². The minimum atomic E-state index is 0.958. The molecular weight excluding hydrogens is 655 g/mol. The largest absolute Gasteiger partial charge is 0.309 e. The molecule has 0 aliphatic rings. The summed E-state index contributed by atoms with van der Waals surface area (Å²) in [6.07, 6.45) is 0. The van der Waals surface area contributed by atoms with Crippen molar-refractivity contribution in [1.82, 2.24) is 14.1 Å². The smallest absolute Gasteiger partial charge is 0.0715 e. The van der Waals surface area contributed by atoms with Crippen molar-refractivity contribution < 1.29 is 0 Å². The van der Waals surface area contributed by atoms with Crippen LogP contribution >= 0.6 is 0 Å². The first-order valence-corrected chi connectivity index (χ1v) is 18.5. The third-order valence-corrected chi connectivity index (χ3v) is 10.9. The van der Waals surface area contributed by atoms with Gasteiger partial charge in [0, 0.05) is 44.0 Å². The SMILES string of the molecule is c1ccc(-c2cc(-c3cccc4ccc(-n5c6ccccc6c6ccc7c(c8ccccc8n7-c7ccccc7)c65)cc34)cc(-c3ccccc3)n2)cc1. The van der Waals surface area contributed by atoms with Crippen molar-refractivity contribution >= 4 is 54.4 Å². The molecule has 0 bridgehead atoms. The highest BCUT2D eigenvalue weighted by molar-refractivity contribution is 6.26. The molecule has 3 aromatic heterocycles. The zero-order valence-electron chi connectivity index (χ0n) is 29.4. The van der Waals surface area contributed by atoms with Gasteiger partial charge in [-0.15, -0.1) is 0 Å². The number of nitrogens with zero attached hydrogens (tertiary/aromatic N) is 3. The van der Waals surface area contributed by atoms with E-state index in [4.69, 9.17) is 4.98 Å². The summed E-state index contributed by atoms with van der Waals surface area (Å²) in [5, 5.41) is 7.38. The third-order valence-electron chi connectivity index (χ3n) is 10.9. The lowest BCUT2D eigenvalue weighted by atomic mass is 9.95. The van der Waals surface area contributed by atoms with Crippen LogP contribution in [0, 0.1) is 0 Å². The van der Waals surface area contributed by atoms with Gasteiger partial charge in [-0.1, -0.05) is 146 Å². The van der Waals surface area contributed by atoms with Gasteiger partial charge in [-0.05, 0) is 76.5 Å². The lowest BCUT2D eigenvalue weighted by Gasteiger charge is -2.15. The molecule has 0 fully saturated rings. The van der Waals surface area contributed by atoms with Crippen molar-refractivity contribution in [2.45, 2.75) is 0 Å². The maximum atomic E-state index is 5.18. The summed E-state index contributed by atoms with van der Waals surface area (Å²) in [6, 6.07) is 72.0. The van der Waals surface area contributed by atoms with Gasteiger partial charge in [0.1, 0.15) is 0 Å². The van der Waals surface area contributed by atoms with Crippen molar-refractivity contribution in [1.29, 1.82) is 0 Å². The highest BCUT2D eigenvalue weighted by atomic mass is 15.0. The molecule has 0 unspecified atom stereocenters. The summed E-state index contributed by atoms with van der Waals surface area (Å²) in [7, 11) is 0. The second-order valence-electron chi connectivity index (χ2n) is 14.0. The molecule has 0 aliphatic heterocycles. The number of hydrogen-bond donors (Lipinski definition) is 0. The number of fused-ring (bicyclic) bond motifs is 8. The zero-order valence-corrected chi connectivity index (χ0v) is 29.4. The Labute approximate surface area is 312 Å². The Balaban J connectivity index is 1.20. The number of hydrogen-bond acceptors (Lipinski definition) is 1. The van der Waals surface area contributed by atoms with E-state index in [9.17, 15) is 0 Å². The molecule has 0 N–H and O–H groups in total. The molecule has 0 saturated heterocycles. The molecule has 3 heteroatoms. The van der Waals surface area contributed by atoms with Gasteiger partial charge >= 0.3 is 0 Å². The summed E-state index contributed by atoms with van der Waals surface area (Å²) < 4.78 is 4.89. The zero-order chi connectivity index (χ0) is 35.6. The topological polar surface area (TPSA) is 22.8 Å². The van der Waals surface area contributed by atoms with Crippen LogP contribution in [0.15, 0.2) is 200 Å². The quantitative estimate of drug-likeness (QED) is 0.177. The summed E-state index contributed by atoms with van der Waals surface area (Å²) in [5.74, 6) is 0. The van der Waals surface area contributed by atoms with Crippen LogP contribution in [0.1, 0.15) is 0 Å². The number of rotatable bonds is 5. The molecule has 0 atom stereocenters. The van der Waals surface area contributed by atoms with E-state index in [0.717, 1.165) is 39.5 Å². The average Bonchev–Trinajstić information content (AvgIpc) is 3.77. The number of pyridine rings is 1. The summed E-state index contributed by atoms with van der Waals surface area (Å²) in [5.41, 5.74) is 13.5. The number of aromatic nitrogens is 3. The van der Waals surface area contributed by atoms with Gasteiger partial charge in [-0.3, -0.25) is 0 Å². The molecule has 0 amide bonds. The van der Waals surface area contributed by atoms with Crippen molar-refractivity contribution in [2.24, 2.45) is 0 Å². The van der Waals surface area contributed by atoms with E-state index in [1.807, 2.05) is 0 Å². The molecular formula is C51H33N3. The number of para-hydroxylation sites is 3. The van der Waals surface area contributed by atoms with Crippen LogP contribution < -0.4 is 0 Å². The lowest BCUT2D eigenvalue weighted by molar-refractivity contribution is 1.18. The standard InChI is InChI=1S/C51H33N3/c1-4-15-35(16-5-1)45-31-37(32-46(52-45)36-17-6-2-7-18-36)40-24-14-19-34-27-28-39(33-44(34)40)54-47-25-12-10-22-41(47)42-29-30-49-50(51(42)54)43-23-11-13-26-48(43)53(49)38-20-8-3-9-21-38/h1-33H. The minimum absolute atomic E-state index is 0.958. The third kappa shape index (κ3) is 4.72. The minimum Gasteiger partial charge on any atom is -0.309 e. The summed E-state index contributed by atoms with van der Waals surface area (Å²) in [6.45, 7) is 0. The molecule has 3 heterocycles. The maximum absolute atomic E-state index is 5.18. The second kappa shape index (κ2) is 12.2. The average molecular weight is 688 g/mol. The highest BCUT2D eigenvalue weighted by Gasteiger charge is 2.21. The van der Waals surface area contributed by atoms with Crippen molar-refractivity contribution in [3.63, 3.8) is 0 Å². The molecule has 0 radical (unpaired) electrons. The van der Waals surface area contributed by atoms with Gasteiger partial charge < -0.3 is 9.13 Å². The summed E-state index contributed by atoms with van der Waals surface area (Å²) >= 11 is 0. The van der Waals surface area contributed by atoms with Crippen molar-refractivity contribution in [3.8, 4) is 45.0 Å². The lowest BCUT2D eigenvalue weighted by Crippen LogP contribution is -1.96. The van der Waals surface area contributed by atoms with Crippen LogP contribution in [0.3, 0.4) is 0 Å². The van der Waals surface area contributed by atoms with Gasteiger partial charge in [0.25, 0.3) is 0 Å². The van der Waals surface area contributed by atoms with E-state index in [0.29, 0.717) is 0 Å². The molecule has 0 aliphatic carbocycles. The highest BCUT2D eigenvalue weighted by Crippen LogP contribution is 2.43. The Bertz CT molecular complexity index is 3130. The van der Waals surface area contributed by atoms with Crippen LogP contribution in [0.4, 0.5) is 0 Å². The Morgan fingerprint density at radius 2 is 0.944 bits per heavy atom. The van der Waals surface area contributed by atoms with Crippen LogP contribution in [0.5, 0.6) is 0 Å². The monoisotopic (exact) mass is 687 g/mol. The first-order valence-electron chi connectivity index (χ1n) is 18.5.